The van der Waals surface area contributed by atoms with E-state index in [2.05, 4.69) is 28.2 Å². The molecule has 0 aliphatic carbocycles. The van der Waals surface area contributed by atoms with Crippen molar-refractivity contribution in [1.29, 1.82) is 0 Å². The molecule has 10 heteroatoms. The number of hydrogen-bond acceptors (Lipinski definition) is 6. The van der Waals surface area contributed by atoms with E-state index in [0.29, 0.717) is 17.3 Å². The maximum Gasteiger partial charge on any atom is 0.255 e. The van der Waals surface area contributed by atoms with Gasteiger partial charge in [0.05, 0.1) is 30.3 Å². The largest absolute Gasteiger partial charge is 0.489 e. The molecule has 0 radical (unpaired) electrons. The van der Waals surface area contributed by atoms with Gasteiger partial charge in [0.2, 0.25) is 11.8 Å². The summed E-state index contributed by atoms with van der Waals surface area (Å²) in [4.78, 5) is 18.7. The van der Waals surface area contributed by atoms with Crippen LogP contribution >= 0.6 is 11.6 Å². The molecule has 1 amide bonds. The van der Waals surface area contributed by atoms with Crippen LogP contribution in [0.5, 0.6) is 5.75 Å². The number of carbonyl (C=O) groups excluding carboxylic acids is 1. The summed E-state index contributed by atoms with van der Waals surface area (Å²) in [5.41, 5.74) is 0.536. The lowest BCUT2D eigenvalue weighted by molar-refractivity contribution is -0.122. The van der Waals surface area contributed by atoms with Crippen LogP contribution in [0.25, 0.3) is 0 Å². The number of halogens is 3. The van der Waals surface area contributed by atoms with Gasteiger partial charge >= 0.3 is 0 Å². The minimum Gasteiger partial charge on any atom is -0.489 e. The number of hydrogen-bond donors (Lipinski definition) is 2. The van der Waals surface area contributed by atoms with E-state index in [0.717, 1.165) is 30.6 Å². The zero-order valence-corrected chi connectivity index (χ0v) is 22.5. The lowest BCUT2D eigenvalue weighted by atomic mass is 10.0. The predicted molar refractivity (Wildman–Crippen MR) is 140 cm³/mol. The van der Waals surface area contributed by atoms with Crippen LogP contribution < -0.4 is 10.1 Å². The van der Waals surface area contributed by atoms with Gasteiger partial charge in [-0.05, 0) is 44.9 Å². The first-order valence-corrected chi connectivity index (χ1v) is 12.9. The summed E-state index contributed by atoms with van der Waals surface area (Å²) >= 11 is 6.74. The molecule has 37 heavy (non-hydrogen) atoms. The van der Waals surface area contributed by atoms with Crippen LogP contribution in [0, 0.1) is 5.92 Å². The Bertz CT molecular complexity index is 1020. The maximum atomic E-state index is 12.4. The molecule has 204 valence electrons. The third kappa shape index (κ3) is 8.43. The van der Waals surface area contributed by atoms with Crippen molar-refractivity contribution in [2.24, 2.45) is 10.9 Å². The number of rotatable bonds is 11. The second kappa shape index (κ2) is 12.7. The number of likely N-dealkylation sites (tertiary alicyclic amines) is 1. The summed E-state index contributed by atoms with van der Waals surface area (Å²) < 4.78 is 36.7. The highest BCUT2D eigenvalue weighted by molar-refractivity contribution is 6.32. The maximum absolute atomic E-state index is 12.4. The summed E-state index contributed by atoms with van der Waals surface area (Å²) in [5.74, 6) is 0.0583. The summed E-state index contributed by atoms with van der Waals surface area (Å²) in [6.07, 6.45) is 2.89. The molecule has 7 nitrogen and oxygen atoms in total. The Kier molecular flexibility index (Phi) is 9.95. The number of benzene rings is 1. The minimum absolute atomic E-state index is 0.0637. The molecule has 1 saturated heterocycles. The fraction of sp³-hybridized carbons (Fsp3) is 0.556. The molecule has 1 fully saturated rings. The van der Waals surface area contributed by atoms with E-state index in [1.807, 2.05) is 6.21 Å². The number of alkyl halides is 2. The van der Waals surface area contributed by atoms with Crippen LogP contribution in [0.4, 0.5) is 8.78 Å². The average Bonchev–Trinajstić information content (AvgIpc) is 3.24. The Labute approximate surface area is 222 Å². The van der Waals surface area contributed by atoms with Gasteiger partial charge in [0.25, 0.3) is 6.43 Å². The van der Waals surface area contributed by atoms with Crippen molar-refractivity contribution in [1.82, 2.24) is 10.2 Å². The number of nitrogens with one attached hydrogen (secondary N) is 1. The van der Waals surface area contributed by atoms with Gasteiger partial charge in [-0.2, -0.15) is 0 Å². The summed E-state index contributed by atoms with van der Waals surface area (Å²) in [7, 11) is 0. The van der Waals surface area contributed by atoms with E-state index in [1.54, 1.807) is 45.0 Å². The number of aliphatic hydroxyl groups is 1. The standard InChI is InChI=1S/C27H36ClF2N3O4/c1-5-18-12-22(24(28)26(32-13-18)36-16-27(3,4)35)33-11-10-21(15-33)37-20-8-6-19(7-9-20)17(2)25(34)31-14-23(29)30/h6-9,12-13,17-18,21,23,35H,5,10-11,14-16H2,1-4H3,(H,31,34). The van der Waals surface area contributed by atoms with Gasteiger partial charge in [0.1, 0.15) is 23.5 Å². The molecule has 0 aromatic heterocycles. The van der Waals surface area contributed by atoms with E-state index in [9.17, 15) is 18.7 Å². The molecule has 2 N–H and O–H groups in total. The fourth-order valence-electron chi connectivity index (χ4n) is 4.01. The van der Waals surface area contributed by atoms with Gasteiger partial charge < -0.3 is 24.8 Å². The Morgan fingerprint density at radius 1 is 1.32 bits per heavy atom. The quantitative estimate of drug-likeness (QED) is 0.421. The van der Waals surface area contributed by atoms with Gasteiger partial charge in [-0.15, -0.1) is 0 Å². The summed E-state index contributed by atoms with van der Waals surface area (Å²) in [5, 5.41) is 12.7. The Balaban J connectivity index is 1.64. The lowest BCUT2D eigenvalue weighted by Gasteiger charge is -2.24. The molecule has 0 bridgehead atoms. The molecule has 3 rings (SSSR count). The third-order valence-electron chi connectivity index (χ3n) is 6.19. The van der Waals surface area contributed by atoms with Crippen LogP contribution in [0.3, 0.4) is 0 Å². The molecule has 3 unspecified atom stereocenters. The first kappa shape index (κ1) is 28.9. The van der Waals surface area contributed by atoms with Crippen LogP contribution in [0.15, 0.2) is 51.9 Å². The highest BCUT2D eigenvalue weighted by Gasteiger charge is 2.30. The van der Waals surface area contributed by atoms with E-state index in [-0.39, 0.29) is 24.5 Å². The molecule has 0 saturated carbocycles. The van der Waals surface area contributed by atoms with Crippen molar-refractivity contribution in [3.63, 3.8) is 0 Å². The molecule has 1 aromatic rings. The molecule has 2 aliphatic rings. The second-order valence-electron chi connectivity index (χ2n) is 10.0. The van der Waals surface area contributed by atoms with Crippen molar-refractivity contribution < 1.29 is 28.2 Å². The van der Waals surface area contributed by atoms with Crippen LogP contribution in [0.2, 0.25) is 0 Å². The second-order valence-corrected chi connectivity index (χ2v) is 10.4. The highest BCUT2D eigenvalue weighted by atomic mass is 35.5. The van der Waals surface area contributed by atoms with Crippen LogP contribution in [-0.4, -0.2) is 66.5 Å². The topological polar surface area (TPSA) is 83.4 Å². The van der Waals surface area contributed by atoms with E-state index < -0.39 is 30.4 Å². The highest BCUT2D eigenvalue weighted by Crippen LogP contribution is 2.32. The molecular weight excluding hydrogens is 504 g/mol. The Morgan fingerprint density at radius 3 is 2.65 bits per heavy atom. The first-order chi connectivity index (χ1) is 17.5. The summed E-state index contributed by atoms with van der Waals surface area (Å²) in [6, 6.07) is 7.13. The van der Waals surface area contributed by atoms with Gasteiger partial charge in [-0.3, -0.25) is 4.79 Å². The average molecular weight is 540 g/mol. The van der Waals surface area contributed by atoms with Crippen LogP contribution in [-0.2, 0) is 9.53 Å². The van der Waals surface area contributed by atoms with Gasteiger partial charge in [-0.25, -0.2) is 13.8 Å². The molecule has 3 atom stereocenters. The van der Waals surface area contributed by atoms with Crippen LogP contribution in [0.1, 0.15) is 52.0 Å². The minimum atomic E-state index is -2.58. The van der Waals surface area contributed by atoms with Gasteiger partial charge in [-0.1, -0.05) is 36.7 Å². The monoisotopic (exact) mass is 539 g/mol. The van der Waals surface area contributed by atoms with Gasteiger partial charge in [0, 0.05) is 25.1 Å². The zero-order valence-electron chi connectivity index (χ0n) is 21.7. The number of aliphatic imine (C=N–C) groups is 1. The number of amides is 1. The molecule has 2 heterocycles. The van der Waals surface area contributed by atoms with Crippen molar-refractivity contribution in [2.45, 2.75) is 64.6 Å². The van der Waals surface area contributed by atoms with E-state index >= 15 is 0 Å². The summed E-state index contributed by atoms with van der Waals surface area (Å²) in [6.45, 7) is 7.83. The SMILES string of the molecule is CCC1C=NC(OCC(C)(C)O)=C(Cl)C(N2CCC(Oc3ccc(C(C)C(=O)NCC(F)F)cc3)C2)=C1. The normalized spacial score (nSPS) is 21.1. The Hall–Kier alpha value is -2.65. The lowest BCUT2D eigenvalue weighted by Crippen LogP contribution is -2.31. The third-order valence-corrected chi connectivity index (χ3v) is 6.55. The van der Waals surface area contributed by atoms with E-state index in [1.165, 1.54) is 0 Å². The van der Waals surface area contributed by atoms with E-state index in [4.69, 9.17) is 21.1 Å². The van der Waals surface area contributed by atoms with Crippen molar-refractivity contribution in [3.8, 4) is 5.75 Å². The molecular formula is C27H36ClF2N3O4. The van der Waals surface area contributed by atoms with Gasteiger partial charge in [0.15, 0.2) is 0 Å². The number of nitrogens with zero attached hydrogens (tertiary/aromatic N) is 2. The number of allylic oxidation sites excluding steroid dienone is 2. The smallest absolute Gasteiger partial charge is 0.255 e. The van der Waals surface area contributed by atoms with Crippen molar-refractivity contribution in [3.05, 3.63) is 52.5 Å². The predicted octanol–water partition coefficient (Wildman–Crippen LogP) is 4.81. The zero-order chi connectivity index (χ0) is 27.2. The Morgan fingerprint density at radius 2 is 2.03 bits per heavy atom. The number of carbonyl (C=O) groups is 1. The van der Waals surface area contributed by atoms with Crippen molar-refractivity contribution >= 4 is 23.7 Å². The molecule has 2 aliphatic heterocycles. The van der Waals surface area contributed by atoms with Crippen molar-refractivity contribution in [2.75, 3.05) is 26.2 Å². The molecule has 1 aromatic carbocycles. The number of ether oxygens (including phenoxy) is 2. The first-order valence-electron chi connectivity index (χ1n) is 12.6. The molecule has 0 spiro atoms. The fourth-order valence-corrected chi connectivity index (χ4v) is 4.30.